The maximum absolute atomic E-state index is 5.87. The molecule has 1 aromatic rings. The van der Waals surface area contributed by atoms with Gasteiger partial charge in [-0.2, -0.15) is 0 Å². The van der Waals surface area contributed by atoms with Crippen LogP contribution in [0.2, 0.25) is 0 Å². The van der Waals surface area contributed by atoms with E-state index in [-0.39, 0.29) is 5.54 Å². The van der Waals surface area contributed by atoms with Crippen LogP contribution in [0.1, 0.15) is 52.6 Å². The Morgan fingerprint density at radius 1 is 1.26 bits per heavy atom. The van der Waals surface area contributed by atoms with E-state index in [0.717, 1.165) is 37.6 Å². The molecule has 19 heavy (non-hydrogen) atoms. The van der Waals surface area contributed by atoms with Gasteiger partial charge in [-0.15, -0.1) is 0 Å². The largest absolute Gasteiger partial charge is 0.463 e. The fourth-order valence-corrected chi connectivity index (χ4v) is 1.80. The Labute approximate surface area is 118 Å². The summed E-state index contributed by atoms with van der Waals surface area (Å²) in [6, 6.07) is 4.17. The van der Waals surface area contributed by atoms with Crippen LogP contribution in [-0.4, -0.2) is 24.0 Å². The van der Waals surface area contributed by atoms with Gasteiger partial charge in [-0.1, -0.05) is 20.8 Å². The van der Waals surface area contributed by atoms with Crippen LogP contribution in [0.15, 0.2) is 16.5 Å². The summed E-state index contributed by atoms with van der Waals surface area (Å²) in [5.74, 6) is 2.75. The van der Waals surface area contributed by atoms with Crippen LogP contribution in [0.5, 0.6) is 0 Å². The van der Waals surface area contributed by atoms with Gasteiger partial charge in [-0.05, 0) is 51.9 Å². The van der Waals surface area contributed by atoms with Gasteiger partial charge in [0.15, 0.2) is 0 Å². The molecule has 1 N–H and O–H groups in total. The molecule has 0 aliphatic carbocycles. The molecule has 0 amide bonds. The maximum atomic E-state index is 5.87. The van der Waals surface area contributed by atoms with Gasteiger partial charge in [0.25, 0.3) is 0 Å². The molecular weight excluding hydrogens is 236 g/mol. The zero-order valence-corrected chi connectivity index (χ0v) is 13.4. The van der Waals surface area contributed by atoms with Crippen LogP contribution in [0, 0.1) is 5.92 Å². The summed E-state index contributed by atoms with van der Waals surface area (Å²) in [6.07, 6.45) is 1.13. The highest BCUT2D eigenvalue weighted by Gasteiger charge is 2.21. The number of nitrogens with one attached hydrogen (secondary N) is 1. The molecule has 0 radical (unpaired) electrons. The van der Waals surface area contributed by atoms with Crippen LogP contribution < -0.4 is 5.32 Å². The smallest absolute Gasteiger partial charge is 0.118 e. The lowest BCUT2D eigenvalue weighted by atomic mass is 10.00. The van der Waals surface area contributed by atoms with E-state index >= 15 is 0 Å². The standard InChI is InChI=1S/C16H30N2O/c1-7-16(4,5)18(6)12-15-9-8-14(19-15)11-17-10-13(2)3/h8-9,13,17H,7,10-12H2,1-6H3. The van der Waals surface area contributed by atoms with Crippen molar-refractivity contribution < 1.29 is 4.42 Å². The fraction of sp³-hybridized carbons (Fsp3) is 0.750. The number of furan rings is 1. The van der Waals surface area contributed by atoms with Crippen molar-refractivity contribution in [1.29, 1.82) is 0 Å². The molecule has 0 unspecified atom stereocenters. The molecule has 0 aromatic carbocycles. The first kappa shape index (κ1) is 16.3. The van der Waals surface area contributed by atoms with Gasteiger partial charge in [0.05, 0.1) is 13.1 Å². The molecule has 0 fully saturated rings. The SMILES string of the molecule is CCC(C)(C)N(C)Cc1ccc(CNCC(C)C)o1. The summed E-state index contributed by atoms with van der Waals surface area (Å²) >= 11 is 0. The average Bonchev–Trinajstić information content (AvgIpc) is 2.76. The van der Waals surface area contributed by atoms with Crippen LogP contribution >= 0.6 is 0 Å². The second-order valence-corrected chi connectivity index (χ2v) is 6.41. The van der Waals surface area contributed by atoms with Gasteiger partial charge < -0.3 is 9.73 Å². The summed E-state index contributed by atoms with van der Waals surface area (Å²) in [5, 5.41) is 3.40. The lowest BCUT2D eigenvalue weighted by Gasteiger charge is -2.34. The van der Waals surface area contributed by atoms with Crippen LogP contribution in [0.4, 0.5) is 0 Å². The Kier molecular flexibility index (Phi) is 6.08. The van der Waals surface area contributed by atoms with Crippen molar-refractivity contribution in [1.82, 2.24) is 10.2 Å². The molecule has 110 valence electrons. The molecule has 0 spiro atoms. The third kappa shape index (κ3) is 5.37. The Morgan fingerprint density at radius 2 is 1.89 bits per heavy atom. The fourth-order valence-electron chi connectivity index (χ4n) is 1.80. The average molecular weight is 266 g/mol. The van der Waals surface area contributed by atoms with E-state index in [1.807, 2.05) is 0 Å². The van der Waals surface area contributed by atoms with E-state index in [2.05, 4.69) is 64.0 Å². The second kappa shape index (κ2) is 7.11. The minimum Gasteiger partial charge on any atom is -0.463 e. The van der Waals surface area contributed by atoms with Crippen molar-refractivity contribution in [3.63, 3.8) is 0 Å². The monoisotopic (exact) mass is 266 g/mol. The third-order valence-electron chi connectivity index (χ3n) is 3.86. The van der Waals surface area contributed by atoms with E-state index in [9.17, 15) is 0 Å². The van der Waals surface area contributed by atoms with Gasteiger partial charge in [0.2, 0.25) is 0 Å². The summed E-state index contributed by atoms with van der Waals surface area (Å²) in [6.45, 7) is 13.9. The van der Waals surface area contributed by atoms with Gasteiger partial charge in [0.1, 0.15) is 11.5 Å². The van der Waals surface area contributed by atoms with E-state index in [1.54, 1.807) is 0 Å². The highest BCUT2D eigenvalue weighted by Crippen LogP contribution is 2.20. The van der Waals surface area contributed by atoms with Crippen molar-refractivity contribution >= 4 is 0 Å². The zero-order chi connectivity index (χ0) is 14.5. The van der Waals surface area contributed by atoms with Crippen LogP contribution in [-0.2, 0) is 13.1 Å². The molecule has 1 heterocycles. The number of nitrogens with zero attached hydrogens (tertiary/aromatic N) is 1. The van der Waals surface area contributed by atoms with Crippen molar-refractivity contribution in [3.8, 4) is 0 Å². The minimum atomic E-state index is 0.211. The molecule has 0 aliphatic heterocycles. The molecular formula is C16H30N2O. The predicted molar refractivity (Wildman–Crippen MR) is 81.1 cm³/mol. The van der Waals surface area contributed by atoms with Gasteiger partial charge in [-0.25, -0.2) is 0 Å². The zero-order valence-electron chi connectivity index (χ0n) is 13.4. The Bertz CT molecular complexity index is 369. The van der Waals surface area contributed by atoms with E-state index in [1.165, 1.54) is 0 Å². The minimum absolute atomic E-state index is 0.211. The van der Waals surface area contributed by atoms with Crippen molar-refractivity contribution in [2.75, 3.05) is 13.6 Å². The van der Waals surface area contributed by atoms with Gasteiger partial charge in [0, 0.05) is 5.54 Å². The van der Waals surface area contributed by atoms with Gasteiger partial charge >= 0.3 is 0 Å². The molecule has 0 aliphatic rings. The summed E-state index contributed by atoms with van der Waals surface area (Å²) in [7, 11) is 2.16. The first-order valence-electron chi connectivity index (χ1n) is 7.34. The molecule has 1 aromatic heterocycles. The third-order valence-corrected chi connectivity index (χ3v) is 3.86. The first-order valence-corrected chi connectivity index (χ1v) is 7.34. The van der Waals surface area contributed by atoms with E-state index in [4.69, 9.17) is 4.42 Å². The highest BCUT2D eigenvalue weighted by atomic mass is 16.3. The van der Waals surface area contributed by atoms with Crippen LogP contribution in [0.3, 0.4) is 0 Å². The van der Waals surface area contributed by atoms with Crippen molar-refractivity contribution in [2.45, 2.75) is 59.7 Å². The summed E-state index contributed by atoms with van der Waals surface area (Å²) < 4.78 is 5.87. The molecule has 1 rings (SSSR count). The van der Waals surface area contributed by atoms with Crippen LogP contribution in [0.25, 0.3) is 0 Å². The summed E-state index contributed by atoms with van der Waals surface area (Å²) in [4.78, 5) is 2.34. The number of hydrogen-bond donors (Lipinski definition) is 1. The Hall–Kier alpha value is -0.800. The second-order valence-electron chi connectivity index (χ2n) is 6.41. The topological polar surface area (TPSA) is 28.4 Å². The Morgan fingerprint density at radius 3 is 2.47 bits per heavy atom. The van der Waals surface area contributed by atoms with Crippen molar-refractivity contribution in [2.24, 2.45) is 5.92 Å². The highest BCUT2D eigenvalue weighted by molar-refractivity contribution is 5.07. The predicted octanol–water partition coefficient (Wildman–Crippen LogP) is 3.65. The molecule has 3 heteroatoms. The Balaban J connectivity index is 2.46. The quantitative estimate of drug-likeness (QED) is 0.778. The normalized spacial score (nSPS) is 12.6. The maximum Gasteiger partial charge on any atom is 0.118 e. The first-order chi connectivity index (χ1) is 8.85. The molecule has 0 saturated carbocycles. The number of hydrogen-bond acceptors (Lipinski definition) is 3. The summed E-state index contributed by atoms with van der Waals surface area (Å²) in [5.41, 5.74) is 0.211. The lowest BCUT2D eigenvalue weighted by molar-refractivity contribution is 0.132. The number of rotatable bonds is 8. The van der Waals surface area contributed by atoms with E-state index < -0.39 is 0 Å². The van der Waals surface area contributed by atoms with Crippen molar-refractivity contribution in [3.05, 3.63) is 23.7 Å². The molecule has 3 nitrogen and oxygen atoms in total. The van der Waals surface area contributed by atoms with Gasteiger partial charge in [-0.3, -0.25) is 4.90 Å². The molecule has 0 atom stereocenters. The lowest BCUT2D eigenvalue weighted by Crippen LogP contribution is -2.39. The molecule has 0 bridgehead atoms. The van der Waals surface area contributed by atoms with E-state index in [0.29, 0.717) is 5.92 Å². The molecule has 0 saturated heterocycles.